The van der Waals surface area contributed by atoms with Crippen molar-refractivity contribution in [3.63, 3.8) is 0 Å². The predicted molar refractivity (Wildman–Crippen MR) is 45.5 cm³/mol. The van der Waals surface area contributed by atoms with E-state index in [1.54, 1.807) is 31.2 Å². The summed E-state index contributed by atoms with van der Waals surface area (Å²) >= 11 is 1.64. The summed E-state index contributed by atoms with van der Waals surface area (Å²) in [4.78, 5) is 9.13. The third-order valence-corrected chi connectivity index (χ3v) is 1.77. The van der Waals surface area contributed by atoms with E-state index >= 15 is 0 Å². The number of aromatic nitrogens is 2. The van der Waals surface area contributed by atoms with Crippen molar-refractivity contribution in [2.75, 3.05) is 18.6 Å². The highest BCUT2D eigenvalue weighted by Crippen LogP contribution is 2.11. The lowest BCUT2D eigenvalue weighted by molar-refractivity contribution is 1.09. The van der Waals surface area contributed by atoms with E-state index in [0.717, 1.165) is 4.90 Å². The van der Waals surface area contributed by atoms with Crippen LogP contribution >= 0.6 is 11.8 Å². The molecule has 0 fully saturated rings. The highest BCUT2D eigenvalue weighted by molar-refractivity contribution is 7.98. The summed E-state index contributed by atoms with van der Waals surface area (Å²) in [6, 6.07) is 0. The highest BCUT2D eigenvalue weighted by Gasteiger charge is 1.91. The average molecular weight is 157 g/mol. The topological polar surface area (TPSA) is 37.8 Å². The standard InChI is InChI=1S/C6H9N3S.H2/c1-7-6-8-3-5(10-2)4-9-6;/h3-4H,1-2H3,(H,7,8,9);1H. The SMILES string of the molecule is CNc1ncc(SC)cn1.[HH]. The van der Waals surface area contributed by atoms with Gasteiger partial charge in [0, 0.05) is 25.8 Å². The van der Waals surface area contributed by atoms with Gasteiger partial charge in [-0.15, -0.1) is 11.8 Å². The second-order valence-electron chi connectivity index (χ2n) is 1.70. The van der Waals surface area contributed by atoms with Crippen molar-refractivity contribution >= 4 is 17.7 Å². The summed E-state index contributed by atoms with van der Waals surface area (Å²) in [5, 5.41) is 2.85. The summed E-state index contributed by atoms with van der Waals surface area (Å²) in [5.74, 6) is 0.665. The minimum atomic E-state index is 0. The molecule has 1 N–H and O–H groups in total. The van der Waals surface area contributed by atoms with Gasteiger partial charge < -0.3 is 5.32 Å². The van der Waals surface area contributed by atoms with E-state index < -0.39 is 0 Å². The Morgan fingerprint density at radius 1 is 1.50 bits per heavy atom. The van der Waals surface area contributed by atoms with Crippen LogP contribution in [0.2, 0.25) is 0 Å². The number of nitrogens with one attached hydrogen (secondary N) is 1. The molecule has 0 amide bonds. The Balaban J connectivity index is 0.000001000. The first-order valence-corrected chi connectivity index (χ1v) is 4.13. The maximum absolute atomic E-state index is 4.02. The zero-order chi connectivity index (χ0) is 7.40. The molecule has 0 aliphatic heterocycles. The third-order valence-electron chi connectivity index (χ3n) is 1.09. The molecule has 1 aromatic rings. The maximum atomic E-state index is 4.02. The Kier molecular flexibility index (Phi) is 2.50. The van der Waals surface area contributed by atoms with Gasteiger partial charge >= 0.3 is 0 Å². The third kappa shape index (κ3) is 1.60. The highest BCUT2D eigenvalue weighted by atomic mass is 32.2. The Hall–Kier alpha value is -0.770. The van der Waals surface area contributed by atoms with E-state index in [4.69, 9.17) is 0 Å². The van der Waals surface area contributed by atoms with Gasteiger partial charge in [0.05, 0.1) is 0 Å². The number of thioether (sulfide) groups is 1. The van der Waals surface area contributed by atoms with Crippen LogP contribution in [0.1, 0.15) is 1.43 Å². The van der Waals surface area contributed by atoms with Crippen LogP contribution in [0, 0.1) is 0 Å². The molecule has 56 valence electrons. The molecular weight excluding hydrogens is 146 g/mol. The zero-order valence-electron chi connectivity index (χ0n) is 5.96. The minimum absolute atomic E-state index is 0. The van der Waals surface area contributed by atoms with Gasteiger partial charge in [0.1, 0.15) is 0 Å². The maximum Gasteiger partial charge on any atom is 0.222 e. The van der Waals surface area contributed by atoms with Crippen molar-refractivity contribution in [2.24, 2.45) is 0 Å². The van der Waals surface area contributed by atoms with Gasteiger partial charge in [0.15, 0.2) is 0 Å². The van der Waals surface area contributed by atoms with E-state index in [1.165, 1.54) is 0 Å². The average Bonchev–Trinajstić information content (AvgIpc) is 2.05. The minimum Gasteiger partial charge on any atom is -0.357 e. The molecule has 0 aliphatic rings. The van der Waals surface area contributed by atoms with Crippen molar-refractivity contribution in [1.29, 1.82) is 0 Å². The van der Waals surface area contributed by atoms with Gasteiger partial charge in [-0.2, -0.15) is 0 Å². The normalized spacial score (nSPS) is 9.40. The number of hydrogen-bond donors (Lipinski definition) is 1. The summed E-state index contributed by atoms with van der Waals surface area (Å²) in [6.45, 7) is 0. The Morgan fingerprint density at radius 3 is 2.50 bits per heavy atom. The van der Waals surface area contributed by atoms with Crippen LogP contribution in [0.5, 0.6) is 0 Å². The van der Waals surface area contributed by atoms with E-state index in [-0.39, 0.29) is 1.43 Å². The van der Waals surface area contributed by atoms with Crippen LogP contribution in [0.15, 0.2) is 17.3 Å². The molecule has 10 heavy (non-hydrogen) atoms. The summed E-state index contributed by atoms with van der Waals surface area (Å²) in [6.07, 6.45) is 5.59. The Bertz CT molecular complexity index is 178. The van der Waals surface area contributed by atoms with Gasteiger partial charge in [-0.3, -0.25) is 0 Å². The molecule has 0 spiro atoms. The smallest absolute Gasteiger partial charge is 0.222 e. The molecule has 0 saturated carbocycles. The van der Waals surface area contributed by atoms with E-state index in [9.17, 15) is 0 Å². The molecule has 0 saturated heterocycles. The molecule has 0 unspecified atom stereocenters. The molecule has 1 aromatic heterocycles. The van der Waals surface area contributed by atoms with E-state index in [1.807, 2.05) is 6.26 Å². The second kappa shape index (κ2) is 3.41. The fourth-order valence-electron chi connectivity index (χ4n) is 0.551. The van der Waals surface area contributed by atoms with E-state index in [2.05, 4.69) is 15.3 Å². The van der Waals surface area contributed by atoms with Gasteiger partial charge in [-0.05, 0) is 6.26 Å². The monoisotopic (exact) mass is 157 g/mol. The molecule has 0 aromatic carbocycles. The van der Waals surface area contributed by atoms with Gasteiger partial charge in [0.2, 0.25) is 5.95 Å². The first-order valence-electron chi connectivity index (χ1n) is 2.90. The van der Waals surface area contributed by atoms with Crippen molar-refractivity contribution in [3.8, 4) is 0 Å². The summed E-state index contributed by atoms with van der Waals surface area (Å²) in [7, 11) is 1.80. The lowest BCUT2D eigenvalue weighted by atomic mass is 10.7. The van der Waals surface area contributed by atoms with Gasteiger partial charge in [0.25, 0.3) is 0 Å². The molecule has 0 aliphatic carbocycles. The predicted octanol–water partition coefficient (Wildman–Crippen LogP) is 1.49. The summed E-state index contributed by atoms with van der Waals surface area (Å²) < 4.78 is 0. The first-order chi connectivity index (χ1) is 4.86. The fraction of sp³-hybridized carbons (Fsp3) is 0.333. The molecule has 3 nitrogen and oxygen atoms in total. The van der Waals surface area contributed by atoms with Crippen LogP contribution < -0.4 is 5.32 Å². The van der Waals surface area contributed by atoms with Crippen LogP contribution in [0.3, 0.4) is 0 Å². The fourth-order valence-corrected chi connectivity index (χ4v) is 0.867. The first kappa shape index (κ1) is 7.34. The van der Waals surface area contributed by atoms with Gasteiger partial charge in [-0.25, -0.2) is 9.97 Å². The second-order valence-corrected chi connectivity index (χ2v) is 2.58. The Labute approximate surface area is 65.8 Å². The molecule has 1 heterocycles. The van der Waals surface area contributed by atoms with Crippen LogP contribution in [0.25, 0.3) is 0 Å². The van der Waals surface area contributed by atoms with E-state index in [0.29, 0.717) is 5.95 Å². The molecule has 0 atom stereocenters. The lowest BCUT2D eigenvalue weighted by Crippen LogP contribution is -1.94. The Morgan fingerprint density at radius 2 is 2.10 bits per heavy atom. The molecule has 0 bridgehead atoms. The molecule has 0 radical (unpaired) electrons. The molecule has 1 rings (SSSR count). The van der Waals surface area contributed by atoms with Gasteiger partial charge in [-0.1, -0.05) is 0 Å². The van der Waals surface area contributed by atoms with Crippen LogP contribution in [0.4, 0.5) is 5.95 Å². The lowest BCUT2D eigenvalue weighted by Gasteiger charge is -1.96. The largest absolute Gasteiger partial charge is 0.357 e. The zero-order valence-corrected chi connectivity index (χ0v) is 6.77. The summed E-state index contributed by atoms with van der Waals surface area (Å²) in [5.41, 5.74) is 0. The van der Waals surface area contributed by atoms with Crippen molar-refractivity contribution < 1.29 is 1.43 Å². The quantitative estimate of drug-likeness (QED) is 0.660. The number of rotatable bonds is 2. The number of nitrogens with zero attached hydrogens (tertiary/aromatic N) is 2. The van der Waals surface area contributed by atoms with Crippen LogP contribution in [-0.4, -0.2) is 23.3 Å². The van der Waals surface area contributed by atoms with Crippen LogP contribution in [-0.2, 0) is 0 Å². The molecule has 4 heteroatoms. The molecular formula is C6H11N3S. The van der Waals surface area contributed by atoms with Crippen molar-refractivity contribution in [1.82, 2.24) is 9.97 Å². The van der Waals surface area contributed by atoms with Crippen molar-refractivity contribution in [3.05, 3.63) is 12.4 Å². The number of hydrogen-bond acceptors (Lipinski definition) is 4. The number of anilines is 1. The van der Waals surface area contributed by atoms with Crippen molar-refractivity contribution in [2.45, 2.75) is 4.90 Å².